The summed E-state index contributed by atoms with van der Waals surface area (Å²) < 4.78 is 35.8. The quantitative estimate of drug-likeness (QED) is 0.239. The van der Waals surface area contributed by atoms with E-state index in [4.69, 9.17) is 4.74 Å². The summed E-state index contributed by atoms with van der Waals surface area (Å²) in [6.45, 7) is 3.91. The Hall–Kier alpha value is -3.42. The van der Waals surface area contributed by atoms with E-state index in [1.807, 2.05) is 60.7 Å². The summed E-state index contributed by atoms with van der Waals surface area (Å²) >= 11 is 0. The van der Waals surface area contributed by atoms with Gasteiger partial charge < -0.3 is 4.74 Å². The second-order valence-electron chi connectivity index (χ2n) is 9.18. The molecule has 0 aliphatic carbocycles. The predicted molar refractivity (Wildman–Crippen MR) is 149 cm³/mol. The van der Waals surface area contributed by atoms with E-state index in [1.165, 1.54) is 13.3 Å². The van der Waals surface area contributed by atoms with Gasteiger partial charge in [-0.15, -0.1) is 0 Å². The maximum absolute atomic E-state index is 13.0. The maximum Gasteiger partial charge on any atom is 0.240 e. The lowest BCUT2D eigenvalue weighted by atomic mass is 10.0. The predicted octanol–water partition coefficient (Wildman–Crippen LogP) is 6.23. The Morgan fingerprint density at radius 2 is 1.62 bits per heavy atom. The van der Waals surface area contributed by atoms with Crippen molar-refractivity contribution in [2.75, 3.05) is 13.7 Å². The molecule has 0 saturated heterocycles. The standard InChI is InChI=1S/C30H34N2O4S/c1-4-5-6-9-23-12-18-26(19-13-23)37(34,35)31-21-20-28-27-10-7-8-11-29(27)32(22(2)33)30(28)24-14-16-25(36-3)17-15-24/h7-8,10-19,31H,4-6,9,20-21H2,1-3H3. The van der Waals surface area contributed by atoms with Crippen LogP contribution in [0.5, 0.6) is 5.75 Å². The van der Waals surface area contributed by atoms with Gasteiger partial charge in [-0.1, -0.05) is 50.1 Å². The van der Waals surface area contributed by atoms with Crippen molar-refractivity contribution in [1.82, 2.24) is 9.29 Å². The molecule has 0 fully saturated rings. The zero-order chi connectivity index (χ0) is 26.4. The number of aryl methyl sites for hydroxylation is 1. The molecule has 0 aliphatic heterocycles. The topological polar surface area (TPSA) is 77.4 Å². The molecule has 0 saturated carbocycles. The largest absolute Gasteiger partial charge is 0.497 e. The number of methoxy groups -OCH3 is 1. The Balaban J connectivity index is 1.60. The van der Waals surface area contributed by atoms with Gasteiger partial charge in [0.05, 0.1) is 23.2 Å². The number of carbonyl (C=O) groups excluding carboxylic acids is 1. The lowest BCUT2D eigenvalue weighted by Gasteiger charge is -2.12. The maximum atomic E-state index is 13.0. The molecule has 0 radical (unpaired) electrons. The average Bonchev–Trinajstić information content (AvgIpc) is 3.24. The van der Waals surface area contributed by atoms with Crippen LogP contribution in [0, 0.1) is 0 Å². The molecule has 0 bridgehead atoms. The fourth-order valence-corrected chi connectivity index (χ4v) is 5.78. The minimum Gasteiger partial charge on any atom is -0.497 e. The number of sulfonamides is 1. The lowest BCUT2D eigenvalue weighted by molar-refractivity contribution is 0.0943. The Labute approximate surface area is 219 Å². The van der Waals surface area contributed by atoms with E-state index in [1.54, 1.807) is 23.8 Å². The van der Waals surface area contributed by atoms with Crippen LogP contribution in [0.4, 0.5) is 0 Å². The van der Waals surface area contributed by atoms with Gasteiger partial charge in [0.2, 0.25) is 15.9 Å². The third-order valence-electron chi connectivity index (χ3n) is 6.63. The zero-order valence-electron chi connectivity index (χ0n) is 21.7. The number of benzene rings is 3. The van der Waals surface area contributed by atoms with Crippen LogP contribution in [-0.2, 0) is 22.9 Å². The van der Waals surface area contributed by atoms with Crippen LogP contribution in [0.3, 0.4) is 0 Å². The number of hydrogen-bond donors (Lipinski definition) is 1. The van der Waals surface area contributed by atoms with E-state index in [0.29, 0.717) is 6.42 Å². The smallest absolute Gasteiger partial charge is 0.240 e. The molecule has 1 aromatic heterocycles. The SMILES string of the molecule is CCCCCc1ccc(S(=O)(=O)NCCc2c(-c3ccc(OC)cc3)n(C(C)=O)c3ccccc23)cc1. The van der Waals surface area contributed by atoms with Crippen molar-refractivity contribution in [2.45, 2.75) is 50.8 Å². The number of carbonyl (C=O) groups is 1. The summed E-state index contributed by atoms with van der Waals surface area (Å²) in [5, 5.41) is 0.930. The molecule has 0 aliphatic rings. The van der Waals surface area contributed by atoms with Gasteiger partial charge in [0.25, 0.3) is 0 Å². The summed E-state index contributed by atoms with van der Waals surface area (Å²) in [4.78, 5) is 13.0. The van der Waals surface area contributed by atoms with Crippen LogP contribution in [-0.4, -0.2) is 32.5 Å². The van der Waals surface area contributed by atoms with Crippen LogP contribution in [0.25, 0.3) is 22.2 Å². The van der Waals surface area contributed by atoms with Crippen molar-refractivity contribution in [2.24, 2.45) is 0 Å². The minimum absolute atomic E-state index is 0.104. The van der Waals surface area contributed by atoms with E-state index in [9.17, 15) is 13.2 Å². The van der Waals surface area contributed by atoms with Crippen LogP contribution in [0.2, 0.25) is 0 Å². The van der Waals surface area contributed by atoms with E-state index >= 15 is 0 Å². The summed E-state index contributed by atoms with van der Waals surface area (Å²) in [7, 11) is -2.05. The molecule has 1 N–H and O–H groups in total. The number of nitrogens with zero attached hydrogens (tertiary/aromatic N) is 1. The highest BCUT2D eigenvalue weighted by Gasteiger charge is 2.21. The molecule has 37 heavy (non-hydrogen) atoms. The number of fused-ring (bicyclic) bond motifs is 1. The van der Waals surface area contributed by atoms with Crippen LogP contribution in [0.15, 0.2) is 77.7 Å². The molecular weight excluding hydrogens is 484 g/mol. The van der Waals surface area contributed by atoms with Crippen molar-refractivity contribution in [3.05, 3.63) is 83.9 Å². The Morgan fingerprint density at radius 3 is 2.27 bits per heavy atom. The number of unbranched alkanes of at least 4 members (excludes halogenated alkanes) is 2. The van der Waals surface area contributed by atoms with Crippen LogP contribution in [0.1, 0.15) is 49.0 Å². The van der Waals surface area contributed by atoms with Gasteiger partial charge in [0.1, 0.15) is 5.75 Å². The van der Waals surface area contributed by atoms with Crippen LogP contribution < -0.4 is 9.46 Å². The molecule has 4 aromatic rings. The van der Waals surface area contributed by atoms with Crippen molar-refractivity contribution in [1.29, 1.82) is 0 Å². The highest BCUT2D eigenvalue weighted by atomic mass is 32.2. The molecule has 0 atom stereocenters. The van der Waals surface area contributed by atoms with E-state index in [2.05, 4.69) is 11.6 Å². The van der Waals surface area contributed by atoms with Gasteiger partial charge in [0.15, 0.2) is 0 Å². The molecule has 3 aromatic carbocycles. The average molecular weight is 519 g/mol. The third kappa shape index (κ3) is 5.95. The van der Waals surface area contributed by atoms with Gasteiger partial charge in [-0.2, -0.15) is 0 Å². The Bertz CT molecular complexity index is 1470. The first-order chi connectivity index (χ1) is 17.9. The fourth-order valence-electron chi connectivity index (χ4n) is 4.75. The summed E-state index contributed by atoms with van der Waals surface area (Å²) in [5.74, 6) is 0.618. The van der Waals surface area contributed by atoms with Crippen molar-refractivity contribution in [3.63, 3.8) is 0 Å². The van der Waals surface area contributed by atoms with Gasteiger partial charge in [-0.25, -0.2) is 13.1 Å². The first kappa shape index (κ1) is 26.6. The number of aromatic nitrogens is 1. The highest BCUT2D eigenvalue weighted by Crippen LogP contribution is 2.35. The Kier molecular flexibility index (Phi) is 8.46. The third-order valence-corrected chi connectivity index (χ3v) is 8.10. The molecule has 4 rings (SSSR count). The second kappa shape index (κ2) is 11.8. The lowest BCUT2D eigenvalue weighted by Crippen LogP contribution is -2.26. The number of hydrogen-bond acceptors (Lipinski definition) is 4. The fraction of sp³-hybridized carbons (Fsp3) is 0.300. The Morgan fingerprint density at radius 1 is 0.919 bits per heavy atom. The molecule has 7 heteroatoms. The summed E-state index contributed by atoms with van der Waals surface area (Å²) in [5.41, 5.74) is 4.51. The van der Waals surface area contributed by atoms with Gasteiger partial charge in [0, 0.05) is 18.9 Å². The highest BCUT2D eigenvalue weighted by molar-refractivity contribution is 7.89. The molecule has 0 amide bonds. The van der Waals surface area contributed by atoms with Crippen molar-refractivity contribution in [3.8, 4) is 17.0 Å². The first-order valence-electron chi connectivity index (χ1n) is 12.7. The number of ether oxygens (including phenoxy) is 1. The number of nitrogens with one attached hydrogen (secondary N) is 1. The first-order valence-corrected chi connectivity index (χ1v) is 14.2. The second-order valence-corrected chi connectivity index (χ2v) is 10.9. The van der Waals surface area contributed by atoms with E-state index in [0.717, 1.165) is 58.3 Å². The van der Waals surface area contributed by atoms with Gasteiger partial charge in [-0.05, 0) is 78.4 Å². The van der Waals surface area contributed by atoms with Crippen molar-refractivity contribution < 1.29 is 17.9 Å². The van der Waals surface area contributed by atoms with Gasteiger partial charge >= 0.3 is 0 Å². The molecule has 0 unspecified atom stereocenters. The summed E-state index contributed by atoms with van der Waals surface area (Å²) in [6, 6.07) is 22.4. The molecular formula is C30H34N2O4S. The monoisotopic (exact) mass is 518 g/mol. The normalized spacial score (nSPS) is 11.6. The molecule has 6 nitrogen and oxygen atoms in total. The minimum atomic E-state index is -3.66. The van der Waals surface area contributed by atoms with E-state index in [-0.39, 0.29) is 17.3 Å². The van der Waals surface area contributed by atoms with Gasteiger partial charge in [-0.3, -0.25) is 9.36 Å². The molecule has 194 valence electrons. The molecule has 1 heterocycles. The number of rotatable bonds is 11. The van der Waals surface area contributed by atoms with Crippen molar-refractivity contribution >= 4 is 26.8 Å². The number of para-hydroxylation sites is 1. The van der Waals surface area contributed by atoms with E-state index < -0.39 is 10.0 Å². The zero-order valence-corrected chi connectivity index (χ0v) is 22.5. The summed E-state index contributed by atoms with van der Waals surface area (Å²) in [6.07, 6.45) is 4.81. The van der Waals surface area contributed by atoms with Crippen LogP contribution >= 0.6 is 0 Å². The molecule has 0 spiro atoms.